The second kappa shape index (κ2) is 8.72. The minimum atomic E-state index is -0.704. The number of ether oxygens (including phenoxy) is 1. The van der Waals surface area contributed by atoms with Gasteiger partial charge in [-0.2, -0.15) is 0 Å². The van der Waals surface area contributed by atoms with Gasteiger partial charge in [-0.05, 0) is 49.7 Å². The van der Waals surface area contributed by atoms with E-state index in [1.807, 2.05) is 0 Å². The summed E-state index contributed by atoms with van der Waals surface area (Å²) in [5, 5.41) is 28.5. The Morgan fingerprint density at radius 3 is 2.10 bits per heavy atom. The molecule has 0 aromatic heterocycles. The lowest BCUT2D eigenvalue weighted by Crippen LogP contribution is -2.43. The SMILES string of the molecule is CC(Oc1ccc(O)cc1)C(=O)N1CCCN(C(=O)c2cc(O)cc(O)c2)CC1. The monoisotopic (exact) mass is 400 g/mol. The summed E-state index contributed by atoms with van der Waals surface area (Å²) in [5.41, 5.74) is 0.200. The average molecular weight is 400 g/mol. The van der Waals surface area contributed by atoms with Gasteiger partial charge in [0.25, 0.3) is 11.8 Å². The van der Waals surface area contributed by atoms with E-state index in [9.17, 15) is 24.9 Å². The topological polar surface area (TPSA) is 111 Å². The van der Waals surface area contributed by atoms with E-state index in [0.29, 0.717) is 38.3 Å². The van der Waals surface area contributed by atoms with Gasteiger partial charge in [-0.25, -0.2) is 0 Å². The van der Waals surface area contributed by atoms with Gasteiger partial charge in [0, 0.05) is 37.8 Å². The van der Waals surface area contributed by atoms with E-state index in [0.717, 1.165) is 6.07 Å². The Balaban J connectivity index is 1.60. The number of aromatic hydroxyl groups is 3. The molecule has 29 heavy (non-hydrogen) atoms. The average Bonchev–Trinajstić information content (AvgIpc) is 2.94. The molecule has 8 heteroatoms. The molecule has 3 rings (SSSR count). The Hall–Kier alpha value is -3.42. The predicted molar refractivity (Wildman–Crippen MR) is 105 cm³/mol. The molecule has 2 aromatic carbocycles. The number of hydrogen-bond donors (Lipinski definition) is 3. The summed E-state index contributed by atoms with van der Waals surface area (Å²) in [5.74, 6) is -0.241. The summed E-state index contributed by atoms with van der Waals surface area (Å²) in [6.45, 7) is 3.33. The van der Waals surface area contributed by atoms with Crippen LogP contribution < -0.4 is 4.74 Å². The van der Waals surface area contributed by atoms with Crippen molar-refractivity contribution in [1.82, 2.24) is 9.80 Å². The lowest BCUT2D eigenvalue weighted by molar-refractivity contribution is -0.137. The molecule has 2 amide bonds. The van der Waals surface area contributed by atoms with E-state index < -0.39 is 6.10 Å². The van der Waals surface area contributed by atoms with Crippen molar-refractivity contribution in [2.45, 2.75) is 19.4 Å². The van der Waals surface area contributed by atoms with E-state index in [1.54, 1.807) is 28.9 Å². The molecule has 1 saturated heterocycles. The summed E-state index contributed by atoms with van der Waals surface area (Å²) in [4.78, 5) is 28.7. The largest absolute Gasteiger partial charge is 0.508 e. The molecule has 8 nitrogen and oxygen atoms in total. The molecule has 154 valence electrons. The number of amides is 2. The van der Waals surface area contributed by atoms with Crippen molar-refractivity contribution in [3.05, 3.63) is 48.0 Å². The fourth-order valence-electron chi connectivity index (χ4n) is 3.28. The Morgan fingerprint density at radius 1 is 0.862 bits per heavy atom. The maximum absolute atomic E-state index is 12.7. The maximum atomic E-state index is 12.7. The third kappa shape index (κ3) is 5.10. The Bertz CT molecular complexity index is 863. The van der Waals surface area contributed by atoms with Crippen molar-refractivity contribution < 1.29 is 29.6 Å². The lowest BCUT2D eigenvalue weighted by atomic mass is 10.1. The van der Waals surface area contributed by atoms with Gasteiger partial charge in [-0.1, -0.05) is 0 Å². The molecule has 0 aliphatic carbocycles. The Kier molecular flexibility index (Phi) is 6.11. The first-order chi connectivity index (χ1) is 13.8. The molecule has 0 spiro atoms. The summed E-state index contributed by atoms with van der Waals surface area (Å²) in [6, 6.07) is 9.93. The maximum Gasteiger partial charge on any atom is 0.263 e. The van der Waals surface area contributed by atoms with E-state index >= 15 is 0 Å². The molecular weight excluding hydrogens is 376 g/mol. The van der Waals surface area contributed by atoms with Gasteiger partial charge in [0.05, 0.1) is 0 Å². The van der Waals surface area contributed by atoms with Crippen LogP contribution in [0.1, 0.15) is 23.7 Å². The van der Waals surface area contributed by atoms with Gasteiger partial charge in [0.15, 0.2) is 6.10 Å². The first kappa shape index (κ1) is 20.3. The van der Waals surface area contributed by atoms with Crippen LogP contribution in [0.2, 0.25) is 0 Å². The fourth-order valence-corrected chi connectivity index (χ4v) is 3.28. The summed E-state index contributed by atoms with van der Waals surface area (Å²) in [6.07, 6.45) is -0.0985. The summed E-state index contributed by atoms with van der Waals surface area (Å²) < 4.78 is 5.66. The van der Waals surface area contributed by atoms with Crippen molar-refractivity contribution in [1.29, 1.82) is 0 Å². The zero-order valence-electron chi connectivity index (χ0n) is 16.1. The first-order valence-electron chi connectivity index (χ1n) is 9.40. The summed E-state index contributed by atoms with van der Waals surface area (Å²) >= 11 is 0. The van der Waals surface area contributed by atoms with Crippen molar-refractivity contribution in [3.8, 4) is 23.0 Å². The minimum absolute atomic E-state index is 0.119. The number of phenolic OH excluding ortho intramolecular Hbond substituents is 3. The van der Waals surface area contributed by atoms with Gasteiger partial charge in [0.2, 0.25) is 0 Å². The molecule has 1 heterocycles. The fraction of sp³-hybridized carbons (Fsp3) is 0.333. The third-order valence-corrected chi connectivity index (χ3v) is 4.74. The number of carbonyl (C=O) groups excluding carboxylic acids is 2. The molecule has 2 aromatic rings. The molecule has 1 unspecified atom stereocenters. The summed E-state index contributed by atoms with van der Waals surface area (Å²) in [7, 11) is 0. The lowest BCUT2D eigenvalue weighted by Gasteiger charge is -2.25. The molecule has 0 radical (unpaired) electrons. The number of rotatable bonds is 4. The van der Waals surface area contributed by atoms with E-state index in [2.05, 4.69) is 0 Å². The molecule has 0 saturated carbocycles. The predicted octanol–water partition coefficient (Wildman–Crippen LogP) is 1.95. The molecule has 1 aliphatic rings. The Morgan fingerprint density at radius 2 is 1.45 bits per heavy atom. The second-order valence-electron chi connectivity index (χ2n) is 6.96. The highest BCUT2D eigenvalue weighted by Gasteiger charge is 2.27. The zero-order chi connectivity index (χ0) is 21.0. The quantitative estimate of drug-likeness (QED) is 0.724. The Labute approximate surface area is 168 Å². The molecule has 1 atom stereocenters. The van der Waals surface area contributed by atoms with Crippen LogP contribution in [0.4, 0.5) is 0 Å². The molecule has 1 fully saturated rings. The third-order valence-electron chi connectivity index (χ3n) is 4.74. The number of nitrogens with zero attached hydrogens (tertiary/aromatic N) is 2. The normalized spacial score (nSPS) is 15.5. The van der Waals surface area contributed by atoms with Crippen molar-refractivity contribution in [2.75, 3.05) is 26.2 Å². The van der Waals surface area contributed by atoms with Crippen LogP contribution in [0.25, 0.3) is 0 Å². The number of hydrogen-bond acceptors (Lipinski definition) is 6. The van der Waals surface area contributed by atoms with E-state index in [1.165, 1.54) is 24.3 Å². The highest BCUT2D eigenvalue weighted by Crippen LogP contribution is 2.22. The first-order valence-corrected chi connectivity index (χ1v) is 9.40. The van der Waals surface area contributed by atoms with Crippen molar-refractivity contribution in [2.24, 2.45) is 0 Å². The van der Waals surface area contributed by atoms with Crippen LogP contribution in [0.15, 0.2) is 42.5 Å². The van der Waals surface area contributed by atoms with Gasteiger partial charge < -0.3 is 29.9 Å². The highest BCUT2D eigenvalue weighted by atomic mass is 16.5. The van der Waals surface area contributed by atoms with Gasteiger partial charge in [0.1, 0.15) is 23.0 Å². The second-order valence-corrected chi connectivity index (χ2v) is 6.96. The van der Waals surface area contributed by atoms with Crippen LogP contribution >= 0.6 is 0 Å². The van der Waals surface area contributed by atoms with Crippen LogP contribution in [0.5, 0.6) is 23.0 Å². The van der Waals surface area contributed by atoms with Crippen LogP contribution in [0.3, 0.4) is 0 Å². The van der Waals surface area contributed by atoms with Crippen molar-refractivity contribution >= 4 is 11.8 Å². The number of benzene rings is 2. The zero-order valence-corrected chi connectivity index (χ0v) is 16.1. The smallest absolute Gasteiger partial charge is 0.263 e. The number of carbonyl (C=O) groups is 2. The van der Waals surface area contributed by atoms with E-state index in [-0.39, 0.29) is 34.6 Å². The van der Waals surface area contributed by atoms with Gasteiger partial charge in [-0.3, -0.25) is 9.59 Å². The minimum Gasteiger partial charge on any atom is -0.508 e. The molecule has 1 aliphatic heterocycles. The number of phenols is 3. The van der Waals surface area contributed by atoms with Crippen LogP contribution in [-0.2, 0) is 4.79 Å². The van der Waals surface area contributed by atoms with Gasteiger partial charge >= 0.3 is 0 Å². The molecule has 0 bridgehead atoms. The van der Waals surface area contributed by atoms with Crippen molar-refractivity contribution in [3.63, 3.8) is 0 Å². The molecular formula is C21H24N2O6. The van der Waals surface area contributed by atoms with Gasteiger partial charge in [-0.15, -0.1) is 0 Å². The standard InChI is InChI=1S/C21H24N2O6/c1-14(29-19-5-3-16(24)4-6-19)20(27)22-7-2-8-23(10-9-22)21(28)15-11-17(25)13-18(26)12-15/h3-6,11-14,24-26H,2,7-10H2,1H3. The highest BCUT2D eigenvalue weighted by molar-refractivity contribution is 5.95. The van der Waals surface area contributed by atoms with E-state index in [4.69, 9.17) is 4.74 Å². The van der Waals surface area contributed by atoms with Crippen LogP contribution in [-0.4, -0.2) is 69.2 Å². The van der Waals surface area contributed by atoms with Crippen LogP contribution in [0, 0.1) is 0 Å². The molecule has 3 N–H and O–H groups in total.